The molecule has 8 nitrogen and oxygen atoms in total. The van der Waals surface area contributed by atoms with E-state index in [1.807, 2.05) is 41.4 Å². The van der Waals surface area contributed by atoms with Crippen molar-refractivity contribution in [1.82, 2.24) is 19.9 Å². The fraction of sp³-hybridized carbons (Fsp3) is 0.308. The summed E-state index contributed by atoms with van der Waals surface area (Å²) in [7, 11) is 0. The standard InChI is InChI=1S/C26H23ClFN7O/c1-15-23(28)21(13-29)33-26(31-15)35-7-6-18-19-12-17(27)3-4-20(19)32-24(18)25(35)16-2-5-22(30-14-16)34-8-10-36-11-9-34/h2-5,12,14,25,32H,6-11H2,1H3. The van der Waals surface area contributed by atoms with Crippen molar-refractivity contribution in [1.29, 1.82) is 5.26 Å². The van der Waals surface area contributed by atoms with Crippen LogP contribution in [0, 0.1) is 24.1 Å². The number of rotatable bonds is 3. The molecule has 1 N–H and O–H groups in total. The monoisotopic (exact) mass is 503 g/mol. The molecule has 4 aromatic rings. The van der Waals surface area contributed by atoms with Gasteiger partial charge in [0.25, 0.3) is 0 Å². The molecule has 1 fully saturated rings. The van der Waals surface area contributed by atoms with Crippen molar-refractivity contribution in [2.75, 3.05) is 42.6 Å². The first-order chi connectivity index (χ1) is 17.5. The van der Waals surface area contributed by atoms with E-state index < -0.39 is 5.82 Å². The van der Waals surface area contributed by atoms with E-state index in [0.717, 1.165) is 41.1 Å². The van der Waals surface area contributed by atoms with Gasteiger partial charge < -0.3 is 19.5 Å². The van der Waals surface area contributed by atoms with Gasteiger partial charge in [-0.2, -0.15) is 10.2 Å². The predicted octanol–water partition coefficient (Wildman–Crippen LogP) is 4.31. The minimum atomic E-state index is -0.688. The van der Waals surface area contributed by atoms with Crippen molar-refractivity contribution in [3.8, 4) is 6.07 Å². The molecule has 6 rings (SSSR count). The maximum absolute atomic E-state index is 14.4. The van der Waals surface area contributed by atoms with E-state index >= 15 is 0 Å². The number of aryl methyl sites for hydroxylation is 1. The largest absolute Gasteiger partial charge is 0.378 e. The van der Waals surface area contributed by atoms with Gasteiger partial charge >= 0.3 is 0 Å². The summed E-state index contributed by atoms with van der Waals surface area (Å²) in [6.07, 6.45) is 2.59. The Hall–Kier alpha value is -3.74. The summed E-state index contributed by atoms with van der Waals surface area (Å²) in [5.74, 6) is 0.524. The second-order valence-electron chi connectivity index (χ2n) is 8.99. The summed E-state index contributed by atoms with van der Waals surface area (Å²) in [5, 5.41) is 11.2. The van der Waals surface area contributed by atoms with Gasteiger partial charge in [0.1, 0.15) is 11.9 Å². The number of halogens is 2. The van der Waals surface area contributed by atoms with Crippen LogP contribution in [-0.4, -0.2) is 52.8 Å². The van der Waals surface area contributed by atoms with E-state index in [0.29, 0.717) is 37.2 Å². The third kappa shape index (κ3) is 3.83. The second-order valence-corrected chi connectivity index (χ2v) is 9.42. The molecule has 2 aliphatic rings. The number of H-pyrrole nitrogens is 1. The zero-order valence-corrected chi connectivity index (χ0v) is 20.4. The number of aromatic nitrogens is 4. The van der Waals surface area contributed by atoms with E-state index in [1.165, 1.54) is 5.56 Å². The number of nitriles is 1. The topological polar surface area (TPSA) is 94.0 Å². The Labute approximate surface area is 212 Å². The number of hydrogen-bond acceptors (Lipinski definition) is 7. The molecule has 1 aromatic carbocycles. The lowest BCUT2D eigenvalue weighted by Crippen LogP contribution is -2.38. The van der Waals surface area contributed by atoms with Crippen LogP contribution in [-0.2, 0) is 11.2 Å². The van der Waals surface area contributed by atoms with Crippen LogP contribution in [0.15, 0.2) is 36.5 Å². The minimum absolute atomic E-state index is 0.144. The first-order valence-electron chi connectivity index (χ1n) is 11.8. The molecule has 10 heteroatoms. The zero-order valence-electron chi connectivity index (χ0n) is 19.6. The average molecular weight is 504 g/mol. The number of nitrogens with one attached hydrogen (secondary N) is 1. The van der Waals surface area contributed by atoms with Gasteiger partial charge in [0, 0.05) is 47.5 Å². The van der Waals surface area contributed by atoms with E-state index in [-0.39, 0.29) is 17.4 Å². The van der Waals surface area contributed by atoms with Crippen LogP contribution in [0.25, 0.3) is 10.9 Å². The Morgan fingerprint density at radius 3 is 2.75 bits per heavy atom. The summed E-state index contributed by atoms with van der Waals surface area (Å²) < 4.78 is 19.9. The van der Waals surface area contributed by atoms with Crippen LogP contribution < -0.4 is 9.80 Å². The van der Waals surface area contributed by atoms with Crippen LogP contribution in [0.3, 0.4) is 0 Å². The number of anilines is 2. The molecule has 1 unspecified atom stereocenters. The molecule has 182 valence electrons. The Morgan fingerprint density at radius 2 is 2.00 bits per heavy atom. The molecule has 1 saturated heterocycles. The smallest absolute Gasteiger partial charge is 0.227 e. The Balaban J connectivity index is 1.48. The Kier molecular flexibility index (Phi) is 5.70. The van der Waals surface area contributed by atoms with Crippen LogP contribution in [0.2, 0.25) is 5.02 Å². The van der Waals surface area contributed by atoms with E-state index in [9.17, 15) is 9.65 Å². The van der Waals surface area contributed by atoms with Gasteiger partial charge in [-0.25, -0.2) is 14.4 Å². The number of aromatic amines is 1. The normalized spacial score (nSPS) is 17.8. The quantitative estimate of drug-likeness (QED) is 0.445. The summed E-state index contributed by atoms with van der Waals surface area (Å²) in [4.78, 5) is 21.3. The van der Waals surface area contributed by atoms with Crippen molar-refractivity contribution < 1.29 is 9.13 Å². The maximum atomic E-state index is 14.4. The summed E-state index contributed by atoms with van der Waals surface area (Å²) in [5.41, 5.74) is 3.98. The SMILES string of the molecule is Cc1nc(N2CCc3c([nH]c4ccc(Cl)cc34)C2c2ccc(N3CCOCC3)nc2)nc(C#N)c1F. The van der Waals surface area contributed by atoms with E-state index in [2.05, 4.69) is 25.9 Å². The molecular weight excluding hydrogens is 481 g/mol. The van der Waals surface area contributed by atoms with Crippen LogP contribution in [0.4, 0.5) is 16.2 Å². The number of hydrogen-bond donors (Lipinski definition) is 1. The lowest BCUT2D eigenvalue weighted by Gasteiger charge is -2.36. The van der Waals surface area contributed by atoms with Crippen LogP contribution in [0.5, 0.6) is 0 Å². The molecule has 36 heavy (non-hydrogen) atoms. The highest BCUT2D eigenvalue weighted by Crippen LogP contribution is 2.40. The second kappa shape index (κ2) is 9.04. The highest BCUT2D eigenvalue weighted by atomic mass is 35.5. The summed E-state index contributed by atoms with van der Waals surface area (Å²) >= 11 is 6.32. The first kappa shape index (κ1) is 22.7. The van der Waals surface area contributed by atoms with Crippen molar-refractivity contribution in [2.24, 2.45) is 0 Å². The summed E-state index contributed by atoms with van der Waals surface area (Å²) in [6, 6.07) is 11.4. The number of ether oxygens (including phenoxy) is 1. The molecule has 2 aliphatic heterocycles. The van der Waals surface area contributed by atoms with Gasteiger partial charge in [0.05, 0.1) is 24.9 Å². The number of fused-ring (bicyclic) bond motifs is 3. The van der Waals surface area contributed by atoms with E-state index in [4.69, 9.17) is 21.3 Å². The predicted molar refractivity (Wildman–Crippen MR) is 135 cm³/mol. The van der Waals surface area contributed by atoms with Gasteiger partial charge in [-0.3, -0.25) is 0 Å². The highest BCUT2D eigenvalue weighted by Gasteiger charge is 2.34. The summed E-state index contributed by atoms with van der Waals surface area (Å²) in [6.45, 7) is 5.10. The molecule has 3 aromatic heterocycles. The maximum Gasteiger partial charge on any atom is 0.227 e. The van der Waals surface area contributed by atoms with Gasteiger partial charge in [0.2, 0.25) is 5.95 Å². The average Bonchev–Trinajstić information content (AvgIpc) is 3.28. The third-order valence-electron chi connectivity index (χ3n) is 6.88. The van der Waals surface area contributed by atoms with E-state index in [1.54, 1.807) is 6.92 Å². The molecule has 0 spiro atoms. The number of nitrogens with zero attached hydrogens (tertiary/aromatic N) is 6. The van der Waals surface area contributed by atoms with Crippen molar-refractivity contribution >= 4 is 34.3 Å². The van der Waals surface area contributed by atoms with Crippen molar-refractivity contribution in [3.63, 3.8) is 0 Å². The van der Waals surface area contributed by atoms with Gasteiger partial charge in [-0.1, -0.05) is 17.7 Å². The van der Waals surface area contributed by atoms with Gasteiger partial charge in [-0.15, -0.1) is 0 Å². The zero-order chi connectivity index (χ0) is 24.8. The number of pyridine rings is 1. The van der Waals surface area contributed by atoms with Gasteiger partial charge in [-0.05, 0) is 48.7 Å². The molecule has 5 heterocycles. The number of benzene rings is 1. The fourth-order valence-corrected chi connectivity index (χ4v) is 5.28. The molecule has 0 bridgehead atoms. The molecule has 0 radical (unpaired) electrons. The molecule has 1 atom stereocenters. The van der Waals surface area contributed by atoms with Crippen LogP contribution in [0.1, 0.15) is 34.3 Å². The minimum Gasteiger partial charge on any atom is -0.378 e. The lowest BCUT2D eigenvalue weighted by molar-refractivity contribution is 0.122. The third-order valence-corrected chi connectivity index (χ3v) is 7.11. The number of morpholine rings is 1. The van der Waals surface area contributed by atoms with Crippen LogP contribution >= 0.6 is 11.6 Å². The molecular formula is C26H23ClFN7O. The van der Waals surface area contributed by atoms with Crippen molar-refractivity contribution in [2.45, 2.75) is 19.4 Å². The fourth-order valence-electron chi connectivity index (χ4n) is 5.11. The molecule has 0 amide bonds. The lowest BCUT2D eigenvalue weighted by atomic mass is 9.93. The first-order valence-corrected chi connectivity index (χ1v) is 12.2. The van der Waals surface area contributed by atoms with Gasteiger partial charge in [0.15, 0.2) is 11.5 Å². The Morgan fingerprint density at radius 1 is 1.17 bits per heavy atom. The molecule has 0 aliphatic carbocycles. The Bertz CT molecular complexity index is 1490. The highest BCUT2D eigenvalue weighted by molar-refractivity contribution is 6.31. The van der Waals surface area contributed by atoms with Crippen molar-refractivity contribution in [3.05, 3.63) is 75.6 Å². The molecule has 0 saturated carbocycles.